The fourth-order valence-corrected chi connectivity index (χ4v) is 5.32. The molecule has 3 rings (SSSR count). The first-order chi connectivity index (χ1) is 12.9. The Morgan fingerprint density at radius 1 is 1.30 bits per heavy atom. The summed E-state index contributed by atoms with van der Waals surface area (Å²) >= 11 is 6.15. The van der Waals surface area contributed by atoms with Crippen LogP contribution in [0.1, 0.15) is 19.8 Å². The molecular weight excluding hydrogens is 392 g/mol. The highest BCUT2D eigenvalue weighted by Gasteiger charge is 2.35. The molecule has 1 aromatic carbocycles. The monoisotopic (exact) mass is 416 g/mol. The van der Waals surface area contributed by atoms with Gasteiger partial charge in [0.25, 0.3) is 0 Å². The van der Waals surface area contributed by atoms with Gasteiger partial charge in [-0.1, -0.05) is 11.6 Å². The summed E-state index contributed by atoms with van der Waals surface area (Å²) in [6.07, 6.45) is 1.36. The van der Waals surface area contributed by atoms with Crippen LogP contribution in [0.3, 0.4) is 0 Å². The highest BCUT2D eigenvalue weighted by atomic mass is 35.5. The van der Waals surface area contributed by atoms with Gasteiger partial charge in [-0.3, -0.25) is 4.79 Å². The Hall–Kier alpha value is -1.35. The van der Waals surface area contributed by atoms with Crippen LogP contribution in [0.2, 0.25) is 5.02 Å². The van der Waals surface area contributed by atoms with Crippen LogP contribution in [-0.2, 0) is 19.6 Å². The van der Waals surface area contributed by atoms with Crippen LogP contribution in [-0.4, -0.2) is 69.5 Å². The van der Waals surface area contributed by atoms with E-state index >= 15 is 0 Å². The van der Waals surface area contributed by atoms with Crippen LogP contribution in [0.15, 0.2) is 23.1 Å². The lowest BCUT2D eigenvalue weighted by Crippen LogP contribution is -2.49. The number of carbonyl (C=O) groups excluding carboxylic acids is 1. The molecule has 0 bridgehead atoms. The number of hydrogen-bond acceptors (Lipinski definition) is 5. The summed E-state index contributed by atoms with van der Waals surface area (Å²) in [5, 5.41) is 0.260. The van der Waals surface area contributed by atoms with E-state index in [-0.39, 0.29) is 28.3 Å². The Kier molecular flexibility index (Phi) is 6.62. The summed E-state index contributed by atoms with van der Waals surface area (Å²) < 4.78 is 38.1. The zero-order chi connectivity index (χ0) is 19.4. The molecule has 0 unspecified atom stereocenters. The van der Waals surface area contributed by atoms with Gasteiger partial charge in [-0.05, 0) is 38.0 Å². The van der Waals surface area contributed by atoms with Crippen molar-refractivity contribution >= 4 is 27.5 Å². The van der Waals surface area contributed by atoms with Crippen molar-refractivity contribution in [3.63, 3.8) is 0 Å². The lowest BCUT2D eigenvalue weighted by Gasteiger charge is -2.35. The maximum absolute atomic E-state index is 13.0. The van der Waals surface area contributed by atoms with E-state index in [1.54, 1.807) is 11.0 Å². The fourth-order valence-electron chi connectivity index (χ4n) is 3.47. The van der Waals surface area contributed by atoms with Crippen molar-refractivity contribution < 1.29 is 22.7 Å². The second kappa shape index (κ2) is 8.77. The number of morpholine rings is 1. The topological polar surface area (TPSA) is 76.2 Å². The average Bonchev–Trinajstić information content (AvgIpc) is 2.70. The van der Waals surface area contributed by atoms with Gasteiger partial charge < -0.3 is 14.4 Å². The van der Waals surface area contributed by atoms with E-state index in [2.05, 4.69) is 0 Å². The van der Waals surface area contributed by atoms with Crippen LogP contribution in [0.25, 0.3) is 0 Å². The Bertz CT molecular complexity index is 780. The summed E-state index contributed by atoms with van der Waals surface area (Å²) in [6, 6.07) is 4.48. The van der Waals surface area contributed by atoms with Gasteiger partial charge in [-0.25, -0.2) is 8.42 Å². The molecule has 0 spiro atoms. The molecule has 2 heterocycles. The number of halogens is 1. The summed E-state index contributed by atoms with van der Waals surface area (Å²) in [4.78, 5) is 14.6. The summed E-state index contributed by atoms with van der Waals surface area (Å²) in [7, 11) is -3.72. The van der Waals surface area contributed by atoms with Crippen molar-refractivity contribution in [2.24, 2.45) is 5.92 Å². The molecule has 1 amide bonds. The molecular formula is C18H25ClN2O5S. The maximum atomic E-state index is 13.0. The molecule has 2 aliphatic heterocycles. The molecule has 9 heteroatoms. The van der Waals surface area contributed by atoms with Gasteiger partial charge in [-0.15, -0.1) is 0 Å². The van der Waals surface area contributed by atoms with Crippen molar-refractivity contribution in [3.05, 3.63) is 23.2 Å². The quantitative estimate of drug-likeness (QED) is 0.733. The van der Waals surface area contributed by atoms with Gasteiger partial charge in [0.15, 0.2) is 0 Å². The van der Waals surface area contributed by atoms with Crippen LogP contribution >= 0.6 is 11.6 Å². The minimum atomic E-state index is -3.72. The normalized spacial score (nSPS) is 21.9. The van der Waals surface area contributed by atoms with E-state index in [4.69, 9.17) is 21.1 Å². The molecule has 1 aromatic rings. The minimum Gasteiger partial charge on any atom is -0.492 e. The number of amides is 1. The third kappa shape index (κ3) is 4.56. The van der Waals surface area contributed by atoms with Crippen LogP contribution in [0.5, 0.6) is 5.75 Å². The van der Waals surface area contributed by atoms with Crippen molar-refractivity contribution in [2.45, 2.75) is 24.7 Å². The van der Waals surface area contributed by atoms with Gasteiger partial charge in [-0.2, -0.15) is 4.31 Å². The first-order valence-electron chi connectivity index (χ1n) is 9.22. The van der Waals surface area contributed by atoms with Gasteiger partial charge >= 0.3 is 0 Å². The number of benzene rings is 1. The van der Waals surface area contributed by atoms with Gasteiger partial charge in [0.1, 0.15) is 5.75 Å². The second-order valence-corrected chi connectivity index (χ2v) is 9.01. The van der Waals surface area contributed by atoms with E-state index in [9.17, 15) is 13.2 Å². The van der Waals surface area contributed by atoms with Crippen molar-refractivity contribution in [2.75, 3.05) is 46.0 Å². The predicted octanol–water partition coefficient (Wildman–Crippen LogP) is 2.00. The molecule has 1 atom stereocenters. The third-order valence-corrected chi connectivity index (χ3v) is 7.05. The summed E-state index contributed by atoms with van der Waals surface area (Å²) in [5.41, 5.74) is 0. The van der Waals surface area contributed by atoms with E-state index in [0.717, 1.165) is 0 Å². The van der Waals surface area contributed by atoms with Gasteiger partial charge in [0, 0.05) is 26.2 Å². The predicted molar refractivity (Wildman–Crippen MR) is 102 cm³/mol. The van der Waals surface area contributed by atoms with Crippen molar-refractivity contribution in [1.29, 1.82) is 0 Å². The van der Waals surface area contributed by atoms with E-state index in [1.807, 2.05) is 6.92 Å². The number of nitrogens with zero attached hydrogens (tertiary/aromatic N) is 2. The summed E-state index contributed by atoms with van der Waals surface area (Å²) in [6.45, 7) is 5.08. The zero-order valence-electron chi connectivity index (χ0n) is 15.4. The van der Waals surface area contributed by atoms with Crippen LogP contribution < -0.4 is 4.74 Å². The van der Waals surface area contributed by atoms with Gasteiger partial charge in [0.2, 0.25) is 15.9 Å². The first kappa shape index (κ1) is 20.4. The lowest BCUT2D eigenvalue weighted by molar-refractivity contribution is -0.140. The number of hydrogen-bond donors (Lipinski definition) is 0. The lowest BCUT2D eigenvalue weighted by atomic mass is 9.98. The van der Waals surface area contributed by atoms with Crippen LogP contribution in [0.4, 0.5) is 0 Å². The van der Waals surface area contributed by atoms with E-state index < -0.39 is 10.0 Å². The number of sulfonamides is 1. The third-order valence-electron chi connectivity index (χ3n) is 4.90. The number of carbonyl (C=O) groups is 1. The van der Waals surface area contributed by atoms with Gasteiger partial charge in [0.05, 0.1) is 35.7 Å². The highest BCUT2D eigenvalue weighted by molar-refractivity contribution is 7.89. The highest BCUT2D eigenvalue weighted by Crippen LogP contribution is 2.30. The number of ether oxygens (including phenoxy) is 2. The molecule has 0 N–H and O–H groups in total. The minimum absolute atomic E-state index is 0.0166. The molecule has 7 nitrogen and oxygen atoms in total. The molecule has 0 saturated carbocycles. The molecule has 0 aromatic heterocycles. The standard InChI is InChI=1S/C18H25ClN2O5S/c1-2-26-17-6-5-15(12-16(17)19)27(23,24)21-7-3-4-14(13-21)18(22)20-8-10-25-11-9-20/h5-6,12,14H,2-4,7-11,13H2,1H3/t14-/m1/s1. The molecule has 2 saturated heterocycles. The van der Waals surface area contributed by atoms with E-state index in [0.29, 0.717) is 58.0 Å². The Morgan fingerprint density at radius 2 is 2.04 bits per heavy atom. The van der Waals surface area contributed by atoms with E-state index in [1.165, 1.54) is 16.4 Å². The second-order valence-electron chi connectivity index (χ2n) is 6.67. The number of piperidine rings is 1. The largest absolute Gasteiger partial charge is 0.492 e. The average molecular weight is 417 g/mol. The Morgan fingerprint density at radius 3 is 2.70 bits per heavy atom. The SMILES string of the molecule is CCOc1ccc(S(=O)(=O)N2CCC[C@@H](C(=O)N3CCOCC3)C2)cc1Cl. The zero-order valence-corrected chi connectivity index (χ0v) is 17.0. The fraction of sp³-hybridized carbons (Fsp3) is 0.611. The molecule has 150 valence electrons. The van der Waals surface area contributed by atoms with Crippen molar-refractivity contribution in [1.82, 2.24) is 9.21 Å². The maximum Gasteiger partial charge on any atom is 0.243 e. The molecule has 0 radical (unpaired) electrons. The molecule has 2 fully saturated rings. The molecule has 0 aliphatic carbocycles. The number of rotatable bonds is 5. The first-order valence-corrected chi connectivity index (χ1v) is 11.0. The van der Waals surface area contributed by atoms with Crippen LogP contribution in [0, 0.1) is 5.92 Å². The van der Waals surface area contributed by atoms with Crippen molar-refractivity contribution in [3.8, 4) is 5.75 Å². The Labute approximate surface area is 165 Å². The smallest absolute Gasteiger partial charge is 0.243 e. The summed E-state index contributed by atoms with van der Waals surface area (Å²) in [5.74, 6) is 0.157. The molecule has 2 aliphatic rings. The molecule has 27 heavy (non-hydrogen) atoms. The Balaban J connectivity index is 1.74.